The molecule has 1 heterocycles. The van der Waals surface area contributed by atoms with E-state index in [0.717, 1.165) is 10.3 Å². The fraction of sp³-hybridized carbons (Fsp3) is 0.182. The van der Waals surface area contributed by atoms with Crippen LogP contribution in [0.2, 0.25) is 0 Å². The lowest BCUT2D eigenvalue weighted by Crippen LogP contribution is -2.20. The van der Waals surface area contributed by atoms with Crippen molar-refractivity contribution < 1.29 is 4.74 Å². The first kappa shape index (κ1) is 10.4. The van der Waals surface area contributed by atoms with E-state index >= 15 is 0 Å². The van der Waals surface area contributed by atoms with Crippen molar-refractivity contribution in [2.75, 3.05) is 7.05 Å². The van der Waals surface area contributed by atoms with Gasteiger partial charge in [0.1, 0.15) is 26.2 Å². The van der Waals surface area contributed by atoms with Crippen LogP contribution in [0.3, 0.4) is 0 Å². The summed E-state index contributed by atoms with van der Waals surface area (Å²) in [6.45, 7) is 0.421. The third-order valence-electron chi connectivity index (χ3n) is 2.27. The fourth-order valence-corrected chi connectivity index (χ4v) is 1.47. The van der Waals surface area contributed by atoms with Gasteiger partial charge in [0.05, 0.1) is 0 Å². The Morgan fingerprint density at radius 3 is 2.69 bits per heavy atom. The zero-order valence-electron chi connectivity index (χ0n) is 8.95. The summed E-state index contributed by atoms with van der Waals surface area (Å²) >= 11 is 0. The van der Waals surface area contributed by atoms with Gasteiger partial charge in [-0.3, -0.25) is 0 Å². The molecule has 0 spiro atoms. The van der Waals surface area contributed by atoms with E-state index in [2.05, 4.69) is 10.1 Å². The molecule has 0 saturated heterocycles. The minimum absolute atomic E-state index is 0.421. The third kappa shape index (κ3) is 2.25. The summed E-state index contributed by atoms with van der Waals surface area (Å²) < 4.78 is 2.48. The predicted octanol–water partition coefficient (Wildman–Crippen LogP) is 0.907. The first-order valence-corrected chi connectivity index (χ1v) is 4.92. The third-order valence-corrected chi connectivity index (χ3v) is 2.27. The van der Waals surface area contributed by atoms with Crippen LogP contribution in [0.15, 0.2) is 43.0 Å². The van der Waals surface area contributed by atoms with Crippen LogP contribution < -0.4 is 0 Å². The molecule has 0 saturated carbocycles. The van der Waals surface area contributed by atoms with Crippen molar-refractivity contribution in [3.63, 3.8) is 0 Å². The van der Waals surface area contributed by atoms with Crippen LogP contribution in [0.5, 0.6) is 0 Å². The number of nitrogens with zero attached hydrogens (tertiary/aromatic N) is 4. The Morgan fingerprint density at radius 2 is 2.12 bits per heavy atom. The second-order valence-electron chi connectivity index (χ2n) is 3.40. The highest BCUT2D eigenvalue weighted by Gasteiger charge is 2.11. The van der Waals surface area contributed by atoms with Crippen molar-refractivity contribution in [2.45, 2.75) is 6.54 Å². The molecule has 5 nitrogen and oxygen atoms in total. The number of hydroxylamine groups is 1. The van der Waals surface area contributed by atoms with Gasteiger partial charge in [-0.05, 0) is 12.1 Å². The molecule has 0 atom stereocenters. The number of rotatable bonds is 3. The number of hydrogen-bond donors (Lipinski definition) is 0. The maximum absolute atomic E-state index is 11.5. The number of benzene rings is 1. The molecule has 82 valence electrons. The van der Waals surface area contributed by atoms with Crippen molar-refractivity contribution in [2.24, 2.45) is 0 Å². The highest BCUT2D eigenvalue weighted by atomic mass is 16.5. The van der Waals surface area contributed by atoms with Crippen molar-refractivity contribution in [1.29, 1.82) is 0 Å². The Kier molecular flexibility index (Phi) is 2.95. The SMILES string of the molecule is C[N+]([O-])=C(Cn1cncn1)c1ccccc1. The molecule has 0 unspecified atom stereocenters. The Hall–Kier alpha value is -2.17. The lowest BCUT2D eigenvalue weighted by Gasteiger charge is -2.07. The van der Waals surface area contributed by atoms with Crippen LogP contribution in [0.4, 0.5) is 0 Å². The van der Waals surface area contributed by atoms with Gasteiger partial charge in [-0.25, -0.2) is 14.4 Å². The molecule has 0 radical (unpaired) electrons. The summed E-state index contributed by atoms with van der Waals surface area (Å²) in [4.78, 5) is 3.85. The zero-order chi connectivity index (χ0) is 11.4. The van der Waals surface area contributed by atoms with Gasteiger partial charge in [0, 0.05) is 5.56 Å². The second-order valence-corrected chi connectivity index (χ2v) is 3.40. The van der Waals surface area contributed by atoms with Crippen molar-refractivity contribution >= 4 is 5.71 Å². The second kappa shape index (κ2) is 4.57. The van der Waals surface area contributed by atoms with E-state index in [4.69, 9.17) is 0 Å². The lowest BCUT2D eigenvalue weighted by molar-refractivity contribution is -0.423. The number of aromatic nitrogens is 3. The minimum Gasteiger partial charge on any atom is -0.624 e. The van der Waals surface area contributed by atoms with Crippen molar-refractivity contribution in [3.05, 3.63) is 53.8 Å². The van der Waals surface area contributed by atoms with Gasteiger partial charge >= 0.3 is 0 Å². The highest BCUT2D eigenvalue weighted by molar-refractivity contribution is 5.96. The van der Waals surface area contributed by atoms with E-state index in [1.54, 1.807) is 11.0 Å². The Balaban J connectivity index is 2.30. The largest absolute Gasteiger partial charge is 0.624 e. The molecule has 0 amide bonds. The molecule has 0 bridgehead atoms. The monoisotopic (exact) mass is 216 g/mol. The molecule has 16 heavy (non-hydrogen) atoms. The van der Waals surface area contributed by atoms with Crippen LogP contribution in [-0.2, 0) is 6.54 Å². The van der Waals surface area contributed by atoms with Gasteiger partial charge in [0.25, 0.3) is 0 Å². The van der Waals surface area contributed by atoms with Crippen LogP contribution in [-0.4, -0.2) is 32.3 Å². The van der Waals surface area contributed by atoms with Crippen LogP contribution in [0.25, 0.3) is 0 Å². The smallest absolute Gasteiger partial charge is 0.215 e. The molecule has 0 aliphatic carbocycles. The molecule has 0 N–H and O–H groups in total. The standard InChI is InChI=1S/C11H12N4O/c1-14(16)11(7-15-9-12-8-13-15)10-5-3-2-4-6-10/h2-6,8-9H,7H2,1H3. The van der Waals surface area contributed by atoms with Gasteiger partial charge in [-0.1, -0.05) is 18.2 Å². The van der Waals surface area contributed by atoms with Crippen molar-refractivity contribution in [3.8, 4) is 0 Å². The zero-order valence-corrected chi connectivity index (χ0v) is 8.95. The lowest BCUT2D eigenvalue weighted by atomic mass is 10.1. The molecule has 2 rings (SSSR count). The molecular formula is C11H12N4O. The van der Waals surface area contributed by atoms with E-state index in [9.17, 15) is 5.21 Å². The maximum atomic E-state index is 11.5. The molecule has 1 aromatic heterocycles. The Bertz CT molecular complexity index is 472. The van der Waals surface area contributed by atoms with Crippen molar-refractivity contribution in [1.82, 2.24) is 14.8 Å². The minimum atomic E-state index is 0.421. The Morgan fingerprint density at radius 1 is 1.38 bits per heavy atom. The van der Waals surface area contributed by atoms with Crippen LogP contribution in [0.1, 0.15) is 5.56 Å². The topological polar surface area (TPSA) is 56.8 Å². The summed E-state index contributed by atoms with van der Waals surface area (Å²) in [6, 6.07) is 9.53. The molecule has 2 aromatic rings. The normalized spacial score (nSPS) is 12.3. The first-order valence-electron chi connectivity index (χ1n) is 4.92. The molecule has 5 heteroatoms. The molecule has 0 aliphatic rings. The highest BCUT2D eigenvalue weighted by Crippen LogP contribution is 2.02. The van der Waals surface area contributed by atoms with Gasteiger partial charge in [0.15, 0.2) is 0 Å². The molecule has 1 aromatic carbocycles. The average molecular weight is 216 g/mol. The molecular weight excluding hydrogens is 204 g/mol. The Labute approximate surface area is 93.3 Å². The van der Waals surface area contributed by atoms with Crippen LogP contribution in [0, 0.1) is 5.21 Å². The van der Waals surface area contributed by atoms with Gasteiger partial charge in [0.2, 0.25) is 5.71 Å². The summed E-state index contributed by atoms with van der Waals surface area (Å²) in [7, 11) is 1.49. The quantitative estimate of drug-likeness (QED) is 0.331. The number of hydrogen-bond acceptors (Lipinski definition) is 3. The van der Waals surface area contributed by atoms with E-state index in [1.165, 1.54) is 13.4 Å². The first-order chi connectivity index (χ1) is 7.77. The van der Waals surface area contributed by atoms with Gasteiger partial charge < -0.3 is 5.21 Å². The molecule has 0 aliphatic heterocycles. The van der Waals surface area contributed by atoms with E-state index in [0.29, 0.717) is 12.3 Å². The summed E-state index contributed by atoms with van der Waals surface area (Å²) in [5.41, 5.74) is 1.56. The van der Waals surface area contributed by atoms with E-state index in [-0.39, 0.29) is 0 Å². The van der Waals surface area contributed by atoms with Gasteiger partial charge in [-0.15, -0.1) is 0 Å². The fourth-order valence-electron chi connectivity index (χ4n) is 1.47. The summed E-state index contributed by atoms with van der Waals surface area (Å²) in [5.74, 6) is 0. The van der Waals surface area contributed by atoms with Crippen LogP contribution >= 0.6 is 0 Å². The summed E-state index contributed by atoms with van der Waals surface area (Å²) in [5, 5.41) is 15.5. The maximum Gasteiger partial charge on any atom is 0.215 e. The average Bonchev–Trinajstić information content (AvgIpc) is 2.79. The molecule has 0 fully saturated rings. The van der Waals surface area contributed by atoms with Gasteiger partial charge in [-0.2, -0.15) is 5.10 Å². The van der Waals surface area contributed by atoms with E-state index in [1.807, 2.05) is 30.3 Å². The predicted molar refractivity (Wildman–Crippen MR) is 60.1 cm³/mol. The summed E-state index contributed by atoms with van der Waals surface area (Å²) in [6.07, 6.45) is 3.04. The van der Waals surface area contributed by atoms with E-state index < -0.39 is 0 Å².